The van der Waals surface area contributed by atoms with Crippen LogP contribution in [0, 0.1) is 6.92 Å². The number of halogens is 1. The minimum atomic E-state index is -1.26. The van der Waals surface area contributed by atoms with Crippen molar-refractivity contribution in [1.82, 2.24) is 5.32 Å². The predicted octanol–water partition coefficient (Wildman–Crippen LogP) is 2.51. The summed E-state index contributed by atoms with van der Waals surface area (Å²) in [4.78, 5) is 23.6. The topological polar surface area (TPSA) is 87.7 Å². The van der Waals surface area contributed by atoms with Gasteiger partial charge in [-0.3, -0.25) is 0 Å². The number of amides is 2. The normalized spacial score (nSPS) is 17.0. The Morgan fingerprint density at radius 2 is 2.00 bits per heavy atom. The van der Waals surface area contributed by atoms with Gasteiger partial charge in [0.1, 0.15) is 5.54 Å². The molecule has 0 aromatic heterocycles. The van der Waals surface area contributed by atoms with Gasteiger partial charge in [0, 0.05) is 36.2 Å². The van der Waals surface area contributed by atoms with Crippen molar-refractivity contribution in [3.8, 4) is 0 Å². The summed E-state index contributed by atoms with van der Waals surface area (Å²) in [6, 6.07) is 4.98. The van der Waals surface area contributed by atoms with Crippen molar-refractivity contribution in [3.63, 3.8) is 0 Å². The van der Waals surface area contributed by atoms with E-state index in [4.69, 9.17) is 4.74 Å². The van der Waals surface area contributed by atoms with E-state index in [2.05, 4.69) is 26.6 Å². The first kappa shape index (κ1) is 15.8. The Kier molecular flexibility index (Phi) is 4.84. The maximum atomic E-state index is 12.1. The highest BCUT2D eigenvalue weighted by Gasteiger charge is 2.41. The van der Waals surface area contributed by atoms with Gasteiger partial charge in [0.15, 0.2) is 0 Å². The smallest absolute Gasteiger partial charge is 0.329 e. The molecule has 1 heterocycles. The molecule has 114 valence electrons. The van der Waals surface area contributed by atoms with Crippen LogP contribution >= 0.6 is 15.9 Å². The minimum absolute atomic E-state index is 0.257. The predicted molar refractivity (Wildman–Crippen MR) is 81.5 cm³/mol. The zero-order valence-electron chi connectivity index (χ0n) is 11.6. The fourth-order valence-electron chi connectivity index (χ4n) is 2.21. The number of aliphatic carboxylic acids is 1. The molecule has 1 aromatic carbocycles. The molecule has 7 heteroatoms. The standard InChI is InChI=1S/C14H17BrN2O4/c1-9-2-3-10(15)8-11(9)16-13(20)17-14(12(18)19)4-6-21-7-5-14/h2-3,8H,4-7H2,1H3,(H,18,19)(H2,16,17,20). The van der Waals surface area contributed by atoms with Gasteiger partial charge in [-0.15, -0.1) is 0 Å². The van der Waals surface area contributed by atoms with Crippen LogP contribution in [0.5, 0.6) is 0 Å². The first-order valence-electron chi connectivity index (χ1n) is 6.59. The van der Waals surface area contributed by atoms with Crippen LogP contribution in [0.3, 0.4) is 0 Å². The van der Waals surface area contributed by atoms with E-state index in [0.717, 1.165) is 10.0 Å². The molecule has 2 rings (SSSR count). The number of aryl methyl sites for hydroxylation is 1. The Morgan fingerprint density at radius 1 is 1.33 bits per heavy atom. The Hall–Kier alpha value is -1.60. The molecule has 0 spiro atoms. The Balaban J connectivity index is 2.09. The lowest BCUT2D eigenvalue weighted by Gasteiger charge is -2.33. The number of hydrogen-bond acceptors (Lipinski definition) is 3. The van der Waals surface area contributed by atoms with E-state index < -0.39 is 17.5 Å². The van der Waals surface area contributed by atoms with Gasteiger partial charge in [-0.1, -0.05) is 22.0 Å². The molecule has 1 saturated heterocycles. The molecule has 2 amide bonds. The molecule has 0 bridgehead atoms. The number of carbonyl (C=O) groups is 2. The lowest BCUT2D eigenvalue weighted by molar-refractivity contribution is -0.148. The molecular weight excluding hydrogens is 340 g/mol. The Bertz CT molecular complexity index is 556. The number of carboxylic acids is 1. The van der Waals surface area contributed by atoms with E-state index in [0.29, 0.717) is 18.9 Å². The molecule has 0 saturated carbocycles. The summed E-state index contributed by atoms with van der Waals surface area (Å²) in [6.45, 7) is 2.51. The molecule has 3 N–H and O–H groups in total. The summed E-state index contributed by atoms with van der Waals surface area (Å²) in [5.41, 5.74) is 0.265. The monoisotopic (exact) mass is 356 g/mol. The van der Waals surface area contributed by atoms with Crippen LogP contribution < -0.4 is 10.6 Å². The van der Waals surface area contributed by atoms with Crippen molar-refractivity contribution in [3.05, 3.63) is 28.2 Å². The number of ether oxygens (including phenoxy) is 1. The van der Waals surface area contributed by atoms with Gasteiger partial charge in [0.2, 0.25) is 0 Å². The molecule has 21 heavy (non-hydrogen) atoms. The number of urea groups is 1. The van der Waals surface area contributed by atoms with Crippen molar-refractivity contribution in [2.24, 2.45) is 0 Å². The van der Waals surface area contributed by atoms with Gasteiger partial charge in [-0.05, 0) is 24.6 Å². The van der Waals surface area contributed by atoms with E-state index in [1.54, 1.807) is 6.07 Å². The summed E-state index contributed by atoms with van der Waals surface area (Å²) >= 11 is 3.34. The largest absolute Gasteiger partial charge is 0.480 e. The van der Waals surface area contributed by atoms with Gasteiger partial charge < -0.3 is 20.5 Å². The van der Waals surface area contributed by atoms with Gasteiger partial charge in [-0.2, -0.15) is 0 Å². The number of rotatable bonds is 3. The zero-order valence-corrected chi connectivity index (χ0v) is 13.2. The van der Waals surface area contributed by atoms with E-state index in [1.807, 2.05) is 19.1 Å². The van der Waals surface area contributed by atoms with Crippen molar-refractivity contribution >= 4 is 33.6 Å². The average Bonchev–Trinajstić information content (AvgIpc) is 2.43. The van der Waals surface area contributed by atoms with Crippen LogP contribution in [0.1, 0.15) is 18.4 Å². The number of carboxylic acid groups (broad SMARTS) is 1. The summed E-state index contributed by atoms with van der Waals surface area (Å²) in [5.74, 6) is -1.04. The molecular formula is C14H17BrN2O4. The van der Waals surface area contributed by atoms with Crippen LogP contribution in [0.15, 0.2) is 22.7 Å². The lowest BCUT2D eigenvalue weighted by atomic mass is 9.90. The lowest BCUT2D eigenvalue weighted by Crippen LogP contribution is -2.58. The molecule has 0 radical (unpaired) electrons. The fourth-order valence-corrected chi connectivity index (χ4v) is 2.57. The van der Waals surface area contributed by atoms with Gasteiger partial charge in [0.05, 0.1) is 0 Å². The van der Waals surface area contributed by atoms with Crippen molar-refractivity contribution in [2.45, 2.75) is 25.3 Å². The molecule has 1 aromatic rings. The highest BCUT2D eigenvalue weighted by atomic mass is 79.9. The van der Waals surface area contributed by atoms with E-state index >= 15 is 0 Å². The van der Waals surface area contributed by atoms with Crippen LogP contribution in [0.2, 0.25) is 0 Å². The third-order valence-electron chi connectivity index (χ3n) is 3.56. The van der Waals surface area contributed by atoms with Gasteiger partial charge >= 0.3 is 12.0 Å². The molecule has 1 aliphatic rings. The maximum absolute atomic E-state index is 12.1. The second-order valence-corrected chi connectivity index (χ2v) is 5.95. The number of nitrogens with one attached hydrogen (secondary N) is 2. The number of benzene rings is 1. The molecule has 1 aliphatic heterocycles. The van der Waals surface area contributed by atoms with Crippen molar-refractivity contribution in [1.29, 1.82) is 0 Å². The van der Waals surface area contributed by atoms with Gasteiger partial charge in [-0.25, -0.2) is 9.59 Å². The van der Waals surface area contributed by atoms with Crippen molar-refractivity contribution in [2.75, 3.05) is 18.5 Å². The van der Waals surface area contributed by atoms with Crippen molar-refractivity contribution < 1.29 is 19.4 Å². The van der Waals surface area contributed by atoms with E-state index in [1.165, 1.54) is 0 Å². The summed E-state index contributed by atoms with van der Waals surface area (Å²) < 4.78 is 6.00. The quantitative estimate of drug-likeness (QED) is 0.776. The number of hydrogen-bond donors (Lipinski definition) is 3. The zero-order chi connectivity index (χ0) is 15.5. The van der Waals surface area contributed by atoms with Gasteiger partial charge in [0.25, 0.3) is 0 Å². The average molecular weight is 357 g/mol. The Labute approximate surface area is 131 Å². The van der Waals surface area contributed by atoms with Crippen LogP contribution in [-0.4, -0.2) is 35.9 Å². The summed E-state index contributed by atoms with van der Waals surface area (Å²) in [6.07, 6.45) is 0.514. The first-order valence-corrected chi connectivity index (χ1v) is 7.39. The SMILES string of the molecule is Cc1ccc(Br)cc1NC(=O)NC1(C(=O)O)CCOCC1. The molecule has 6 nitrogen and oxygen atoms in total. The molecule has 0 atom stereocenters. The third-order valence-corrected chi connectivity index (χ3v) is 4.05. The second-order valence-electron chi connectivity index (χ2n) is 5.04. The van der Waals surface area contributed by atoms with E-state index in [-0.39, 0.29) is 12.8 Å². The van der Waals surface area contributed by atoms with E-state index in [9.17, 15) is 14.7 Å². The highest BCUT2D eigenvalue weighted by Crippen LogP contribution is 2.23. The van der Waals surface area contributed by atoms with Crippen LogP contribution in [-0.2, 0) is 9.53 Å². The summed E-state index contributed by atoms with van der Waals surface area (Å²) in [5, 5.41) is 14.7. The Morgan fingerprint density at radius 3 is 2.62 bits per heavy atom. The highest BCUT2D eigenvalue weighted by molar-refractivity contribution is 9.10. The van der Waals surface area contributed by atoms with Crippen LogP contribution in [0.25, 0.3) is 0 Å². The van der Waals surface area contributed by atoms with Crippen LogP contribution in [0.4, 0.5) is 10.5 Å². The second kappa shape index (κ2) is 6.44. The fraction of sp³-hybridized carbons (Fsp3) is 0.429. The number of anilines is 1. The molecule has 1 fully saturated rings. The maximum Gasteiger partial charge on any atom is 0.329 e. The minimum Gasteiger partial charge on any atom is -0.480 e. The summed E-state index contributed by atoms with van der Waals surface area (Å²) in [7, 11) is 0. The third kappa shape index (κ3) is 3.74. The molecule has 0 unspecified atom stereocenters. The first-order chi connectivity index (χ1) is 9.93. The molecule has 0 aliphatic carbocycles. The number of carbonyl (C=O) groups excluding carboxylic acids is 1.